The molecule has 0 aromatic rings. The van der Waals surface area contributed by atoms with Crippen LogP contribution in [0, 0.1) is 5.41 Å². The van der Waals surface area contributed by atoms with Crippen molar-refractivity contribution in [3.05, 3.63) is 0 Å². The topological polar surface area (TPSA) is 0 Å². The quantitative estimate of drug-likeness (QED) is 0.583. The smallest absolute Gasteiger partial charge is 0.0155 e. The van der Waals surface area contributed by atoms with E-state index < -0.39 is 0 Å². The summed E-state index contributed by atoms with van der Waals surface area (Å²) in [7, 11) is 5.72. The summed E-state index contributed by atoms with van der Waals surface area (Å²) in [5.41, 5.74) is 0.430. The first-order chi connectivity index (χ1) is 4.31. The van der Waals surface area contributed by atoms with Gasteiger partial charge < -0.3 is 0 Å². The number of hydrogen-bond donors (Lipinski definition) is 0. The number of hydrogen-bond acceptors (Lipinski definition) is 0. The molecule has 2 unspecified atom stereocenters. The molecule has 0 heterocycles. The molecular weight excluding hydrogens is 158 g/mol. The van der Waals surface area contributed by atoms with E-state index in [-0.39, 0.29) is 0 Å². The van der Waals surface area contributed by atoms with Crippen molar-refractivity contribution in [1.82, 2.24) is 0 Å². The minimum atomic E-state index is 0.351. The molecule has 0 spiro atoms. The van der Waals surface area contributed by atoms with Crippen LogP contribution in [0.4, 0.5) is 0 Å². The van der Waals surface area contributed by atoms with E-state index >= 15 is 0 Å². The normalized spacial score (nSPS) is 13.8. The van der Waals surface area contributed by atoms with Crippen molar-refractivity contribution in [3.63, 3.8) is 0 Å². The summed E-state index contributed by atoms with van der Waals surface area (Å²) in [6.45, 7) is 9.20. The van der Waals surface area contributed by atoms with Gasteiger partial charge in [0.2, 0.25) is 0 Å². The molecule has 0 N–H and O–H groups in total. The predicted molar refractivity (Wildman–Crippen MR) is 56.8 cm³/mol. The Balaban J connectivity index is 4.10. The Kier molecular flexibility index (Phi) is 3.81. The van der Waals surface area contributed by atoms with Crippen LogP contribution in [0.3, 0.4) is 0 Å². The molecule has 0 aliphatic rings. The van der Waals surface area contributed by atoms with Crippen molar-refractivity contribution in [1.29, 1.82) is 0 Å². The van der Waals surface area contributed by atoms with E-state index in [9.17, 15) is 0 Å². The maximum absolute atomic E-state index is 2.93. The highest BCUT2D eigenvalue weighted by Crippen LogP contribution is 2.40. The van der Waals surface area contributed by atoms with Crippen molar-refractivity contribution in [2.45, 2.75) is 39.3 Å². The first-order valence-corrected chi connectivity index (χ1v) is 5.19. The predicted octanol–water partition coefficient (Wildman–Crippen LogP) is 2.93. The average molecular weight is 178 g/mol. The van der Waals surface area contributed by atoms with Crippen LogP contribution in [-0.4, -0.2) is 11.3 Å². The van der Waals surface area contributed by atoms with Gasteiger partial charge in [0.15, 0.2) is 0 Å². The third-order valence-electron chi connectivity index (χ3n) is 2.51. The highest BCUT2D eigenvalue weighted by atomic mass is 31.0. The van der Waals surface area contributed by atoms with E-state index in [2.05, 4.69) is 46.2 Å². The van der Waals surface area contributed by atoms with Gasteiger partial charge in [-0.3, -0.25) is 0 Å². The molecule has 10 heavy (non-hydrogen) atoms. The second-order valence-corrected chi connectivity index (χ2v) is 6.16. The van der Waals surface area contributed by atoms with Gasteiger partial charge in [-0.25, -0.2) is 0 Å². The van der Waals surface area contributed by atoms with Crippen molar-refractivity contribution >= 4 is 18.5 Å². The Hall–Kier alpha value is 0.860. The van der Waals surface area contributed by atoms with E-state index in [1.54, 1.807) is 0 Å². The molecule has 0 aliphatic heterocycles. The van der Waals surface area contributed by atoms with Crippen LogP contribution in [0.5, 0.6) is 0 Å². The molecule has 0 bridgehead atoms. The molecule has 2 heteroatoms. The Morgan fingerprint density at radius 1 is 1.10 bits per heavy atom. The fourth-order valence-electron chi connectivity index (χ4n) is 0.683. The summed E-state index contributed by atoms with van der Waals surface area (Å²) >= 11 is 0. The summed E-state index contributed by atoms with van der Waals surface area (Å²) in [5, 5.41) is 0.351. The maximum atomic E-state index is 2.93. The lowest BCUT2D eigenvalue weighted by Crippen LogP contribution is -2.33. The van der Waals surface area contributed by atoms with E-state index in [0.717, 1.165) is 0 Å². The Labute approximate surface area is 70.0 Å². The van der Waals surface area contributed by atoms with Gasteiger partial charge in [0, 0.05) is 0 Å². The summed E-state index contributed by atoms with van der Waals surface area (Å²) in [5.74, 6) is 0. The first-order valence-electron chi connectivity index (χ1n) is 3.80. The zero-order chi connectivity index (χ0) is 8.41. The van der Waals surface area contributed by atoms with Gasteiger partial charge in [-0.05, 0) is 23.2 Å². The molecule has 0 amide bonds. The van der Waals surface area contributed by atoms with Gasteiger partial charge in [0.1, 0.15) is 0 Å². The summed E-state index contributed by atoms with van der Waals surface area (Å²) in [6.07, 6.45) is 2.47. The lowest BCUT2D eigenvalue weighted by molar-refractivity contribution is 0.274. The van der Waals surface area contributed by atoms with Crippen LogP contribution in [0.1, 0.15) is 34.1 Å². The lowest BCUT2D eigenvalue weighted by atomic mass is 9.78. The van der Waals surface area contributed by atoms with Crippen molar-refractivity contribution in [2.24, 2.45) is 5.41 Å². The van der Waals surface area contributed by atoms with E-state index in [4.69, 9.17) is 0 Å². The largest absolute Gasteiger partial charge is 0.138 e. The highest BCUT2D eigenvalue weighted by Gasteiger charge is 2.31. The second kappa shape index (κ2) is 3.51. The molecule has 0 saturated heterocycles. The summed E-state index contributed by atoms with van der Waals surface area (Å²) in [6, 6.07) is 0. The van der Waals surface area contributed by atoms with Crippen LogP contribution in [0.15, 0.2) is 0 Å². The van der Waals surface area contributed by atoms with Crippen LogP contribution in [-0.2, 0) is 0 Å². The third-order valence-corrected chi connectivity index (χ3v) is 3.58. The van der Waals surface area contributed by atoms with Gasteiger partial charge in [-0.1, -0.05) is 27.7 Å². The Bertz CT molecular complexity index is 100. The van der Waals surface area contributed by atoms with Crippen LogP contribution in [0.25, 0.3) is 0 Å². The van der Waals surface area contributed by atoms with Crippen LogP contribution < -0.4 is 0 Å². The minimum absolute atomic E-state index is 0.351. The second-order valence-electron chi connectivity index (χ2n) is 4.14. The fourth-order valence-corrected chi connectivity index (χ4v) is 1.55. The first kappa shape index (κ1) is 10.9. The van der Waals surface area contributed by atoms with Crippen LogP contribution >= 0.6 is 18.5 Å². The zero-order valence-corrected chi connectivity index (χ0v) is 9.88. The summed E-state index contributed by atoms with van der Waals surface area (Å²) < 4.78 is 0. The lowest BCUT2D eigenvalue weighted by Gasteiger charge is -2.38. The molecular formula is C8H20P2. The van der Waals surface area contributed by atoms with Gasteiger partial charge in [-0.2, -0.15) is 0 Å². The molecule has 0 aromatic heterocycles. The maximum Gasteiger partial charge on any atom is -0.0155 e. The van der Waals surface area contributed by atoms with Gasteiger partial charge in [0.25, 0.3) is 0 Å². The monoisotopic (exact) mass is 178 g/mol. The highest BCUT2D eigenvalue weighted by molar-refractivity contribution is 7.19. The van der Waals surface area contributed by atoms with Crippen molar-refractivity contribution in [3.8, 4) is 0 Å². The van der Waals surface area contributed by atoms with E-state index in [0.29, 0.717) is 10.6 Å². The SMILES string of the molecule is CC(C)(P)C(C)(C)CCP. The molecule has 2 atom stereocenters. The van der Waals surface area contributed by atoms with E-state index in [1.165, 1.54) is 12.6 Å². The Morgan fingerprint density at radius 3 is 1.60 bits per heavy atom. The zero-order valence-electron chi connectivity index (χ0n) is 7.57. The molecule has 0 saturated carbocycles. The molecule has 0 fully saturated rings. The molecule has 0 rings (SSSR count). The minimum Gasteiger partial charge on any atom is -0.138 e. The molecule has 0 aromatic carbocycles. The average Bonchev–Trinajstić information content (AvgIpc) is 1.61. The third kappa shape index (κ3) is 2.85. The number of rotatable bonds is 3. The molecule has 0 nitrogen and oxygen atoms in total. The molecule has 0 aliphatic carbocycles. The fraction of sp³-hybridized carbons (Fsp3) is 1.00. The van der Waals surface area contributed by atoms with Gasteiger partial charge in [0.05, 0.1) is 0 Å². The van der Waals surface area contributed by atoms with E-state index in [1.807, 2.05) is 0 Å². The van der Waals surface area contributed by atoms with Crippen LogP contribution in [0.2, 0.25) is 0 Å². The van der Waals surface area contributed by atoms with Gasteiger partial charge >= 0.3 is 0 Å². The Morgan fingerprint density at radius 2 is 1.50 bits per heavy atom. The summed E-state index contributed by atoms with van der Waals surface area (Å²) in [4.78, 5) is 0. The molecule has 62 valence electrons. The van der Waals surface area contributed by atoms with Crippen molar-refractivity contribution in [2.75, 3.05) is 6.16 Å². The van der Waals surface area contributed by atoms with Gasteiger partial charge in [-0.15, -0.1) is 18.5 Å². The van der Waals surface area contributed by atoms with Crippen molar-refractivity contribution < 1.29 is 0 Å². The standard InChI is InChI=1S/C8H20P2/c1-7(2,5-6-9)8(3,4)10/h5-6,9-10H2,1-4H3. The molecule has 0 radical (unpaired) electrons.